The fourth-order valence-corrected chi connectivity index (χ4v) is 3.74. The van der Waals surface area contributed by atoms with Crippen molar-refractivity contribution in [2.24, 2.45) is 5.41 Å². The number of nitrogens with zero attached hydrogens (tertiary/aromatic N) is 1. The zero-order valence-electron chi connectivity index (χ0n) is 15.1. The standard InChI is InChI=1S/C21H26Cl2N2/c1-21(2,3)19-14-25(13-12-24-19)20(15-4-8-17(22)9-5-15)16-6-10-18(23)11-7-16/h4-11,19-20,24H,12-14H2,1-3H3/t19-/m1/s1. The molecule has 134 valence electrons. The quantitative estimate of drug-likeness (QED) is 0.770. The van der Waals surface area contributed by atoms with Crippen molar-refractivity contribution in [3.8, 4) is 0 Å². The van der Waals surface area contributed by atoms with Crippen LogP contribution >= 0.6 is 23.2 Å². The molecule has 2 aromatic rings. The van der Waals surface area contributed by atoms with Crippen molar-refractivity contribution in [2.45, 2.75) is 32.9 Å². The minimum Gasteiger partial charge on any atom is -0.311 e. The fraction of sp³-hybridized carbons (Fsp3) is 0.429. The molecule has 0 amide bonds. The fourth-order valence-electron chi connectivity index (χ4n) is 3.49. The summed E-state index contributed by atoms with van der Waals surface area (Å²) in [6.07, 6.45) is 0. The molecular weight excluding hydrogens is 351 g/mol. The number of nitrogens with one attached hydrogen (secondary N) is 1. The summed E-state index contributed by atoms with van der Waals surface area (Å²) < 4.78 is 0. The first-order valence-corrected chi connectivity index (χ1v) is 9.58. The first kappa shape index (κ1) is 18.7. The minimum atomic E-state index is 0.210. The molecule has 1 aliphatic rings. The van der Waals surface area contributed by atoms with E-state index >= 15 is 0 Å². The summed E-state index contributed by atoms with van der Waals surface area (Å²) >= 11 is 12.2. The van der Waals surface area contributed by atoms with Crippen LogP contribution in [0.3, 0.4) is 0 Å². The highest BCUT2D eigenvalue weighted by atomic mass is 35.5. The van der Waals surface area contributed by atoms with Crippen LogP contribution in [0.4, 0.5) is 0 Å². The van der Waals surface area contributed by atoms with E-state index in [2.05, 4.69) is 55.3 Å². The molecule has 25 heavy (non-hydrogen) atoms. The lowest BCUT2D eigenvalue weighted by Gasteiger charge is -2.44. The van der Waals surface area contributed by atoms with Gasteiger partial charge in [0, 0.05) is 35.7 Å². The minimum absolute atomic E-state index is 0.210. The summed E-state index contributed by atoms with van der Waals surface area (Å²) in [5.74, 6) is 0. The van der Waals surface area contributed by atoms with Crippen molar-refractivity contribution in [3.63, 3.8) is 0 Å². The molecular formula is C21H26Cl2N2. The van der Waals surface area contributed by atoms with Crippen molar-refractivity contribution in [2.75, 3.05) is 19.6 Å². The number of piperazine rings is 1. The highest BCUT2D eigenvalue weighted by molar-refractivity contribution is 6.30. The van der Waals surface area contributed by atoms with Crippen LogP contribution in [0.5, 0.6) is 0 Å². The van der Waals surface area contributed by atoms with Crippen LogP contribution in [0.2, 0.25) is 10.0 Å². The Morgan fingerprint density at radius 3 is 1.84 bits per heavy atom. The van der Waals surface area contributed by atoms with E-state index in [0.717, 1.165) is 29.7 Å². The number of hydrogen-bond acceptors (Lipinski definition) is 2. The third-order valence-corrected chi connectivity index (χ3v) is 5.49. The molecule has 3 rings (SSSR count). The van der Waals surface area contributed by atoms with E-state index in [1.165, 1.54) is 11.1 Å². The molecule has 4 heteroatoms. The van der Waals surface area contributed by atoms with Crippen LogP contribution in [0.1, 0.15) is 37.9 Å². The van der Waals surface area contributed by atoms with Crippen molar-refractivity contribution < 1.29 is 0 Å². The van der Waals surface area contributed by atoms with Gasteiger partial charge in [-0.25, -0.2) is 0 Å². The SMILES string of the molecule is CC(C)(C)[C@H]1CN(C(c2ccc(Cl)cc2)c2ccc(Cl)cc2)CCN1. The molecule has 0 spiro atoms. The van der Waals surface area contributed by atoms with Crippen LogP contribution < -0.4 is 5.32 Å². The molecule has 0 bridgehead atoms. The largest absolute Gasteiger partial charge is 0.311 e. The second kappa shape index (κ2) is 7.67. The van der Waals surface area contributed by atoms with Crippen molar-refractivity contribution >= 4 is 23.2 Å². The normalized spacial score (nSPS) is 19.4. The van der Waals surface area contributed by atoms with Crippen LogP contribution in [0, 0.1) is 5.41 Å². The smallest absolute Gasteiger partial charge is 0.0602 e. The van der Waals surface area contributed by atoms with Gasteiger partial charge in [-0.05, 0) is 40.8 Å². The summed E-state index contributed by atoms with van der Waals surface area (Å²) in [7, 11) is 0. The summed E-state index contributed by atoms with van der Waals surface area (Å²) in [5.41, 5.74) is 2.76. The van der Waals surface area contributed by atoms with Gasteiger partial charge in [-0.15, -0.1) is 0 Å². The molecule has 0 aliphatic carbocycles. The molecule has 0 unspecified atom stereocenters. The number of halogens is 2. The Labute approximate surface area is 161 Å². The molecule has 1 aliphatic heterocycles. The van der Waals surface area contributed by atoms with Gasteiger partial charge in [0.05, 0.1) is 6.04 Å². The molecule has 1 atom stereocenters. The monoisotopic (exact) mass is 376 g/mol. The van der Waals surface area contributed by atoms with E-state index in [9.17, 15) is 0 Å². The van der Waals surface area contributed by atoms with E-state index in [-0.39, 0.29) is 11.5 Å². The Bertz CT molecular complexity index is 644. The van der Waals surface area contributed by atoms with Crippen molar-refractivity contribution in [1.82, 2.24) is 10.2 Å². The van der Waals surface area contributed by atoms with Gasteiger partial charge in [-0.3, -0.25) is 4.90 Å². The van der Waals surface area contributed by atoms with E-state index < -0.39 is 0 Å². The number of rotatable bonds is 3. The van der Waals surface area contributed by atoms with Crippen molar-refractivity contribution in [3.05, 3.63) is 69.7 Å². The van der Waals surface area contributed by atoms with Gasteiger partial charge in [0.15, 0.2) is 0 Å². The molecule has 1 N–H and O–H groups in total. The van der Waals surface area contributed by atoms with Gasteiger partial charge in [-0.2, -0.15) is 0 Å². The zero-order valence-corrected chi connectivity index (χ0v) is 16.6. The maximum atomic E-state index is 6.11. The summed E-state index contributed by atoms with van der Waals surface area (Å²) in [6.45, 7) is 9.93. The third-order valence-electron chi connectivity index (χ3n) is 4.99. The number of benzene rings is 2. The lowest BCUT2D eigenvalue weighted by molar-refractivity contribution is 0.111. The van der Waals surface area contributed by atoms with Gasteiger partial charge < -0.3 is 5.32 Å². The average molecular weight is 377 g/mol. The van der Waals surface area contributed by atoms with E-state index in [0.29, 0.717) is 6.04 Å². The highest BCUT2D eigenvalue weighted by Gasteiger charge is 2.33. The van der Waals surface area contributed by atoms with Gasteiger partial charge in [0.25, 0.3) is 0 Å². The molecule has 0 saturated carbocycles. The van der Waals surface area contributed by atoms with Gasteiger partial charge >= 0.3 is 0 Å². The highest BCUT2D eigenvalue weighted by Crippen LogP contribution is 2.33. The van der Waals surface area contributed by atoms with Crippen LogP contribution in [-0.2, 0) is 0 Å². The lowest BCUT2D eigenvalue weighted by atomic mass is 9.84. The third kappa shape index (κ3) is 4.57. The second-order valence-corrected chi connectivity index (χ2v) is 8.75. The molecule has 2 nitrogen and oxygen atoms in total. The molecule has 0 aromatic heterocycles. The second-order valence-electron chi connectivity index (χ2n) is 7.87. The van der Waals surface area contributed by atoms with E-state index in [1.807, 2.05) is 24.3 Å². The average Bonchev–Trinajstić information content (AvgIpc) is 2.58. The maximum Gasteiger partial charge on any atom is 0.0602 e. The molecule has 1 heterocycles. The number of hydrogen-bond donors (Lipinski definition) is 1. The predicted octanol–water partition coefficient (Wildman–Crippen LogP) is 5.40. The van der Waals surface area contributed by atoms with Gasteiger partial charge in [0.2, 0.25) is 0 Å². The lowest BCUT2D eigenvalue weighted by Crippen LogP contribution is -2.56. The first-order chi connectivity index (χ1) is 11.8. The van der Waals surface area contributed by atoms with Crippen LogP contribution in [0.25, 0.3) is 0 Å². The van der Waals surface area contributed by atoms with Crippen LogP contribution in [0.15, 0.2) is 48.5 Å². The summed E-state index contributed by atoms with van der Waals surface area (Å²) in [6, 6.07) is 17.1. The molecule has 1 fully saturated rings. The first-order valence-electron chi connectivity index (χ1n) is 8.83. The Morgan fingerprint density at radius 1 is 0.920 bits per heavy atom. The van der Waals surface area contributed by atoms with Crippen molar-refractivity contribution in [1.29, 1.82) is 0 Å². The Hall–Kier alpha value is -1.06. The van der Waals surface area contributed by atoms with E-state index in [1.54, 1.807) is 0 Å². The maximum absolute atomic E-state index is 6.11. The van der Waals surface area contributed by atoms with Crippen LogP contribution in [-0.4, -0.2) is 30.6 Å². The summed E-state index contributed by atoms with van der Waals surface area (Å²) in [4.78, 5) is 2.57. The molecule has 2 aromatic carbocycles. The van der Waals surface area contributed by atoms with Gasteiger partial charge in [0.1, 0.15) is 0 Å². The zero-order chi connectivity index (χ0) is 18.0. The molecule has 0 radical (unpaired) electrons. The molecule has 1 saturated heterocycles. The van der Waals surface area contributed by atoms with Gasteiger partial charge in [-0.1, -0.05) is 68.2 Å². The Morgan fingerprint density at radius 2 is 1.40 bits per heavy atom. The Balaban J connectivity index is 1.96. The predicted molar refractivity (Wildman–Crippen MR) is 108 cm³/mol. The van der Waals surface area contributed by atoms with E-state index in [4.69, 9.17) is 23.2 Å². The summed E-state index contributed by atoms with van der Waals surface area (Å²) in [5, 5.41) is 5.22. The topological polar surface area (TPSA) is 15.3 Å². The Kier molecular flexibility index (Phi) is 5.75.